The van der Waals surface area contributed by atoms with Crippen LogP contribution in [0.4, 0.5) is 0 Å². The minimum Gasteiger partial charge on any atom is -0.341 e. The largest absolute Gasteiger partial charge is 0.341 e. The normalized spacial score (nSPS) is 11.8. The Labute approximate surface area is 152 Å². The van der Waals surface area contributed by atoms with Gasteiger partial charge in [-0.15, -0.1) is 10.2 Å². The molecule has 1 aromatic heterocycles. The fraction of sp³-hybridized carbons (Fsp3) is 0.444. The van der Waals surface area contributed by atoms with Crippen molar-refractivity contribution in [3.63, 3.8) is 0 Å². The Hall–Kier alpha value is -2.33. The number of carbonyl (C=O) groups is 1. The highest BCUT2D eigenvalue weighted by molar-refractivity contribution is 7.99. The SMILES string of the molecule is CCN(CC(C)C#N)C(=O)CSc1nnc(-c2cccc(C)c2)n1C. The fourth-order valence-electron chi connectivity index (χ4n) is 2.47. The first kappa shape index (κ1) is 19.0. The molecule has 6 nitrogen and oxygen atoms in total. The van der Waals surface area contributed by atoms with Crippen LogP contribution in [0.25, 0.3) is 11.4 Å². The predicted molar refractivity (Wildman–Crippen MR) is 98.9 cm³/mol. The van der Waals surface area contributed by atoms with Crippen molar-refractivity contribution < 1.29 is 4.79 Å². The molecule has 0 aliphatic heterocycles. The van der Waals surface area contributed by atoms with Gasteiger partial charge in [0.25, 0.3) is 0 Å². The standard InChI is InChI=1S/C18H23N5OS/c1-5-23(11-14(3)10-19)16(24)12-25-18-21-20-17(22(18)4)15-8-6-7-13(2)9-15/h6-9,14H,5,11-12H2,1-4H3. The second kappa shape index (κ2) is 8.67. The number of hydrogen-bond acceptors (Lipinski definition) is 5. The number of hydrogen-bond donors (Lipinski definition) is 0. The topological polar surface area (TPSA) is 74.8 Å². The van der Waals surface area contributed by atoms with Gasteiger partial charge in [-0.25, -0.2) is 0 Å². The Bertz CT molecular complexity index is 780. The summed E-state index contributed by atoms with van der Waals surface area (Å²) in [6.07, 6.45) is 0. The van der Waals surface area contributed by atoms with Gasteiger partial charge in [0, 0.05) is 25.7 Å². The molecule has 1 heterocycles. The van der Waals surface area contributed by atoms with Crippen molar-refractivity contribution >= 4 is 17.7 Å². The van der Waals surface area contributed by atoms with Gasteiger partial charge in [-0.2, -0.15) is 5.26 Å². The summed E-state index contributed by atoms with van der Waals surface area (Å²) >= 11 is 1.37. The summed E-state index contributed by atoms with van der Waals surface area (Å²) in [6, 6.07) is 10.3. The predicted octanol–water partition coefficient (Wildman–Crippen LogP) is 2.89. The van der Waals surface area contributed by atoms with E-state index in [1.54, 1.807) is 4.90 Å². The molecule has 0 N–H and O–H groups in total. The summed E-state index contributed by atoms with van der Waals surface area (Å²) in [7, 11) is 1.90. The molecular weight excluding hydrogens is 334 g/mol. The Morgan fingerprint density at radius 2 is 2.20 bits per heavy atom. The molecule has 25 heavy (non-hydrogen) atoms. The number of nitriles is 1. The van der Waals surface area contributed by atoms with Gasteiger partial charge < -0.3 is 9.47 Å². The van der Waals surface area contributed by atoms with Crippen molar-refractivity contribution in [1.82, 2.24) is 19.7 Å². The summed E-state index contributed by atoms with van der Waals surface area (Å²) in [5.41, 5.74) is 2.17. The second-order valence-corrected chi connectivity index (χ2v) is 6.93. The minimum absolute atomic E-state index is 0.00899. The highest BCUT2D eigenvalue weighted by atomic mass is 32.2. The van der Waals surface area contributed by atoms with Crippen molar-refractivity contribution in [3.8, 4) is 17.5 Å². The molecule has 0 fully saturated rings. The highest BCUT2D eigenvalue weighted by Gasteiger charge is 2.17. The van der Waals surface area contributed by atoms with Gasteiger partial charge in [-0.05, 0) is 26.8 Å². The maximum absolute atomic E-state index is 12.4. The number of rotatable bonds is 7. The van der Waals surface area contributed by atoms with E-state index in [9.17, 15) is 4.79 Å². The Kier molecular flexibility index (Phi) is 6.59. The zero-order chi connectivity index (χ0) is 18.4. The average Bonchev–Trinajstić information content (AvgIpc) is 2.97. The van der Waals surface area contributed by atoms with E-state index in [0.29, 0.717) is 18.2 Å². The van der Waals surface area contributed by atoms with E-state index < -0.39 is 0 Å². The van der Waals surface area contributed by atoms with E-state index in [-0.39, 0.29) is 17.6 Å². The van der Waals surface area contributed by atoms with Crippen molar-refractivity contribution in [2.24, 2.45) is 13.0 Å². The first-order valence-electron chi connectivity index (χ1n) is 8.22. The van der Waals surface area contributed by atoms with Crippen molar-refractivity contribution in [2.75, 3.05) is 18.8 Å². The summed E-state index contributed by atoms with van der Waals surface area (Å²) in [5, 5.41) is 18.1. The molecule has 1 unspecified atom stereocenters. The molecule has 0 saturated heterocycles. The molecule has 0 saturated carbocycles. The molecule has 1 atom stereocenters. The van der Waals surface area contributed by atoms with Crippen LogP contribution in [0.5, 0.6) is 0 Å². The van der Waals surface area contributed by atoms with Gasteiger partial charge in [-0.3, -0.25) is 4.79 Å². The molecule has 0 radical (unpaired) electrons. The van der Waals surface area contributed by atoms with Crippen LogP contribution in [0, 0.1) is 24.2 Å². The van der Waals surface area contributed by atoms with Crippen LogP contribution < -0.4 is 0 Å². The zero-order valence-corrected chi connectivity index (χ0v) is 15.9. The van der Waals surface area contributed by atoms with E-state index in [1.807, 2.05) is 50.6 Å². The number of nitrogens with zero attached hydrogens (tertiary/aromatic N) is 5. The molecule has 0 aliphatic carbocycles. The fourth-order valence-corrected chi connectivity index (χ4v) is 3.29. The van der Waals surface area contributed by atoms with Crippen LogP contribution >= 0.6 is 11.8 Å². The lowest BCUT2D eigenvalue weighted by Crippen LogP contribution is -2.35. The molecular formula is C18H23N5OS. The van der Waals surface area contributed by atoms with Crippen molar-refractivity contribution in [3.05, 3.63) is 29.8 Å². The van der Waals surface area contributed by atoms with E-state index in [2.05, 4.69) is 22.3 Å². The van der Waals surface area contributed by atoms with E-state index in [4.69, 9.17) is 5.26 Å². The summed E-state index contributed by atoms with van der Waals surface area (Å²) in [6.45, 7) is 6.83. The van der Waals surface area contributed by atoms with E-state index >= 15 is 0 Å². The minimum atomic E-state index is -0.170. The van der Waals surface area contributed by atoms with Gasteiger partial charge in [-0.1, -0.05) is 35.5 Å². The number of benzene rings is 1. The first-order chi connectivity index (χ1) is 12.0. The van der Waals surface area contributed by atoms with E-state index in [0.717, 1.165) is 17.0 Å². The Morgan fingerprint density at radius 3 is 2.84 bits per heavy atom. The van der Waals surface area contributed by atoms with Gasteiger partial charge in [0.2, 0.25) is 5.91 Å². The van der Waals surface area contributed by atoms with Crippen molar-refractivity contribution in [1.29, 1.82) is 5.26 Å². The third-order valence-electron chi connectivity index (χ3n) is 3.88. The quantitative estimate of drug-likeness (QED) is 0.712. The Morgan fingerprint density at radius 1 is 1.44 bits per heavy atom. The molecule has 0 aliphatic rings. The molecule has 1 amide bonds. The van der Waals surface area contributed by atoms with Crippen LogP contribution in [0.1, 0.15) is 19.4 Å². The molecule has 0 bridgehead atoms. The summed E-state index contributed by atoms with van der Waals surface area (Å²) < 4.78 is 1.90. The Balaban J connectivity index is 2.04. The summed E-state index contributed by atoms with van der Waals surface area (Å²) in [4.78, 5) is 14.1. The molecule has 7 heteroatoms. The van der Waals surface area contributed by atoms with Crippen LogP contribution in [0.15, 0.2) is 29.4 Å². The smallest absolute Gasteiger partial charge is 0.233 e. The highest BCUT2D eigenvalue weighted by Crippen LogP contribution is 2.23. The van der Waals surface area contributed by atoms with Gasteiger partial charge >= 0.3 is 0 Å². The maximum atomic E-state index is 12.4. The van der Waals surface area contributed by atoms with Crippen LogP contribution in [0.2, 0.25) is 0 Å². The lowest BCUT2D eigenvalue weighted by Gasteiger charge is -2.21. The van der Waals surface area contributed by atoms with Crippen molar-refractivity contribution in [2.45, 2.75) is 25.9 Å². The first-order valence-corrected chi connectivity index (χ1v) is 9.21. The van der Waals surface area contributed by atoms with Crippen LogP contribution in [0.3, 0.4) is 0 Å². The third-order valence-corrected chi connectivity index (χ3v) is 4.89. The van der Waals surface area contributed by atoms with Crippen LogP contribution in [-0.4, -0.2) is 44.4 Å². The lowest BCUT2D eigenvalue weighted by atomic mass is 10.1. The number of amides is 1. The molecule has 2 rings (SSSR count). The number of thioether (sulfide) groups is 1. The third kappa shape index (κ3) is 4.83. The number of aromatic nitrogens is 3. The monoisotopic (exact) mass is 357 g/mol. The lowest BCUT2D eigenvalue weighted by molar-refractivity contribution is -0.128. The van der Waals surface area contributed by atoms with Crippen LogP contribution in [-0.2, 0) is 11.8 Å². The molecule has 2 aromatic rings. The van der Waals surface area contributed by atoms with Gasteiger partial charge in [0.15, 0.2) is 11.0 Å². The summed E-state index contributed by atoms with van der Waals surface area (Å²) in [5.74, 6) is 0.904. The zero-order valence-electron chi connectivity index (χ0n) is 15.1. The number of carbonyl (C=O) groups excluding carboxylic acids is 1. The number of aryl methyl sites for hydroxylation is 1. The molecule has 0 spiro atoms. The average molecular weight is 357 g/mol. The van der Waals surface area contributed by atoms with E-state index in [1.165, 1.54) is 11.8 Å². The molecule has 132 valence electrons. The van der Waals surface area contributed by atoms with Gasteiger partial charge in [0.05, 0.1) is 17.7 Å². The molecule has 1 aromatic carbocycles. The van der Waals surface area contributed by atoms with Gasteiger partial charge in [0.1, 0.15) is 0 Å². The second-order valence-electron chi connectivity index (χ2n) is 5.99. The maximum Gasteiger partial charge on any atom is 0.233 e.